The summed E-state index contributed by atoms with van der Waals surface area (Å²) >= 11 is 0. The number of furan rings is 1. The minimum atomic E-state index is -0.894. The maximum Gasteiger partial charge on any atom is 0.145 e. The fourth-order valence-corrected chi connectivity index (χ4v) is 8.12. The van der Waals surface area contributed by atoms with Crippen molar-refractivity contribution in [3.8, 4) is 27.9 Å². The number of aromatic nitrogens is 1. The molecule has 0 amide bonds. The monoisotopic (exact) mass is 770 g/mol. The minimum Gasteiger partial charge on any atom is -0.455 e. The number of benzene rings is 10. The van der Waals surface area contributed by atoms with Gasteiger partial charge in [-0.05, 0) is 111 Å². The highest BCUT2D eigenvalue weighted by molar-refractivity contribution is 6.18. The van der Waals surface area contributed by atoms with Gasteiger partial charge >= 0.3 is 0 Å². The Balaban J connectivity index is 1.15. The molecule has 0 aliphatic carbocycles. The van der Waals surface area contributed by atoms with E-state index in [0.29, 0.717) is 27.5 Å². The molecule has 0 bridgehead atoms. The molecule has 0 atom stereocenters. The normalized spacial score (nSPS) is 16.0. The molecule has 12 rings (SSSR count). The molecular formula is C56H36N2O. The topological polar surface area (TPSA) is 21.3 Å². The lowest BCUT2D eigenvalue weighted by Gasteiger charge is -2.27. The highest BCUT2D eigenvalue weighted by Gasteiger charge is 2.23. The van der Waals surface area contributed by atoms with E-state index in [2.05, 4.69) is 28.8 Å². The van der Waals surface area contributed by atoms with Crippen molar-refractivity contribution in [2.24, 2.45) is 0 Å². The Morgan fingerprint density at radius 3 is 1.80 bits per heavy atom. The molecule has 0 aliphatic rings. The molecule has 12 aromatic rings. The number of rotatable bonds is 6. The molecule has 0 spiro atoms. The van der Waals surface area contributed by atoms with Crippen LogP contribution in [0.4, 0.5) is 17.1 Å². The maximum absolute atomic E-state index is 9.84. The van der Waals surface area contributed by atoms with E-state index in [1.165, 1.54) is 0 Å². The molecule has 10 aromatic carbocycles. The largest absolute Gasteiger partial charge is 0.455 e. The molecule has 276 valence electrons. The molecule has 0 aliphatic heterocycles. The number of hydrogen-bond acceptors (Lipinski definition) is 2. The zero-order valence-corrected chi connectivity index (χ0v) is 30.7. The Labute approximate surface area is 366 Å². The van der Waals surface area contributed by atoms with Crippen LogP contribution in [0.3, 0.4) is 0 Å². The Morgan fingerprint density at radius 1 is 0.441 bits per heavy atom. The average molecular weight is 771 g/mol. The van der Waals surface area contributed by atoms with Crippen molar-refractivity contribution >= 4 is 82.4 Å². The third kappa shape index (κ3) is 5.29. The Hall–Kier alpha value is -7.88. The van der Waals surface area contributed by atoms with E-state index in [-0.39, 0.29) is 11.3 Å². The third-order valence-corrected chi connectivity index (χ3v) is 10.7. The first-order valence-corrected chi connectivity index (χ1v) is 18.7. The van der Waals surface area contributed by atoms with Crippen LogP contribution in [0.1, 0.15) is 24.7 Å². The van der Waals surface area contributed by atoms with Gasteiger partial charge in [-0.1, -0.05) is 145 Å². The van der Waals surface area contributed by atoms with Crippen LogP contribution in [-0.4, -0.2) is 4.57 Å². The quantitative estimate of drug-likeness (QED) is 0.157. The van der Waals surface area contributed by atoms with Crippen molar-refractivity contribution in [3.05, 3.63) is 218 Å². The molecule has 0 unspecified atom stereocenters. The molecule has 2 aromatic heterocycles. The number of fused-ring (bicyclic) bond motifs is 9. The Bertz CT molecular complexity index is 4510. The molecular weight excluding hydrogens is 717 g/mol. The van der Waals surface area contributed by atoms with Gasteiger partial charge in [0.1, 0.15) is 11.2 Å². The fourth-order valence-electron chi connectivity index (χ4n) is 8.12. The summed E-state index contributed by atoms with van der Waals surface area (Å²) in [5.41, 5.74) is 2.40. The summed E-state index contributed by atoms with van der Waals surface area (Å²) in [5.74, 6) is 0. The van der Waals surface area contributed by atoms with Gasteiger partial charge in [0.25, 0.3) is 0 Å². The summed E-state index contributed by atoms with van der Waals surface area (Å²) in [6, 6.07) is 20.1. The predicted octanol–water partition coefficient (Wildman–Crippen LogP) is 15.8. The van der Waals surface area contributed by atoms with Crippen LogP contribution in [0.2, 0.25) is 0 Å². The molecule has 2 heterocycles. The second-order valence-corrected chi connectivity index (χ2v) is 13.9. The third-order valence-electron chi connectivity index (χ3n) is 10.7. The number of hydrogen-bond donors (Lipinski definition) is 0. The van der Waals surface area contributed by atoms with Crippen molar-refractivity contribution in [3.63, 3.8) is 0 Å². The number of anilines is 3. The Morgan fingerprint density at radius 2 is 1.05 bits per heavy atom. The second-order valence-electron chi connectivity index (χ2n) is 13.9. The lowest BCUT2D eigenvalue weighted by molar-refractivity contribution is 0.670. The standard InChI is InChI=1S/C56H36N2O/c1-2-15-40(16-3-1)57(41-30-28-38(29-31-41)50-36-39-14-4-5-17-43(39)45-18-6-7-19-46(45)50)53-35-34-44(56-55(53)49-22-10-13-25-54(49)59-56)37-26-32-42(33-27-37)58-51-23-11-8-20-47(51)48-21-9-12-24-52(48)58/h1-36H/i1D,2D,3D,4D,5D,6D,7D,14D,15D,16D,17D,18D,19D,28D,29D,30D,31D,36D. The molecule has 3 nitrogen and oxygen atoms in total. The molecule has 0 saturated heterocycles. The van der Waals surface area contributed by atoms with Crippen LogP contribution >= 0.6 is 0 Å². The first-order valence-electron chi connectivity index (χ1n) is 27.7. The predicted molar refractivity (Wildman–Crippen MR) is 249 cm³/mol. The van der Waals surface area contributed by atoms with Gasteiger partial charge in [-0.25, -0.2) is 0 Å². The molecule has 0 N–H and O–H groups in total. The van der Waals surface area contributed by atoms with E-state index in [0.717, 1.165) is 32.4 Å². The maximum atomic E-state index is 9.84. The summed E-state index contributed by atoms with van der Waals surface area (Å²) in [7, 11) is 0. The number of para-hydroxylation sites is 4. The SMILES string of the molecule is [2H]c1c([2H])c([2H])c(N(c2c([2H])c([2H])c(-c3c([2H])c4c([2H])c([2H])c([2H])c([2H])c4c4c([2H])c([2H])c([2H])c([2H])c34)c([2H])c2[2H])c2ccc(-c3ccc(-n4c5ccccc5c5ccccc54)cc3)c3oc4ccccc4c23)c([2H])c1[2H]. The van der Waals surface area contributed by atoms with Crippen molar-refractivity contribution in [2.45, 2.75) is 0 Å². The first-order chi connectivity index (χ1) is 36.8. The number of nitrogens with zero attached hydrogens (tertiary/aromatic N) is 2. The van der Waals surface area contributed by atoms with Crippen LogP contribution in [0.25, 0.3) is 93.2 Å². The van der Waals surface area contributed by atoms with Crippen LogP contribution in [-0.2, 0) is 0 Å². The molecule has 0 saturated carbocycles. The molecule has 3 heteroatoms. The van der Waals surface area contributed by atoms with E-state index in [1.807, 2.05) is 48.5 Å². The van der Waals surface area contributed by atoms with Crippen molar-refractivity contribution < 1.29 is 29.1 Å². The van der Waals surface area contributed by atoms with Crippen LogP contribution < -0.4 is 4.90 Å². The molecule has 0 radical (unpaired) electrons. The summed E-state index contributed by atoms with van der Waals surface area (Å²) < 4.78 is 172. The van der Waals surface area contributed by atoms with Gasteiger partial charge in [0.05, 0.1) is 46.8 Å². The minimum absolute atomic E-state index is 0.0186. The molecule has 59 heavy (non-hydrogen) atoms. The first kappa shape index (κ1) is 20.0. The van der Waals surface area contributed by atoms with E-state index >= 15 is 0 Å². The fraction of sp³-hybridized carbons (Fsp3) is 0. The second kappa shape index (κ2) is 13.4. The summed E-state index contributed by atoms with van der Waals surface area (Å²) in [6.07, 6.45) is 0. The van der Waals surface area contributed by atoms with Gasteiger partial charge in [0.2, 0.25) is 0 Å². The average Bonchev–Trinajstić information content (AvgIpc) is 4.05. The van der Waals surface area contributed by atoms with Crippen LogP contribution in [0.5, 0.6) is 0 Å². The molecule has 0 fully saturated rings. The van der Waals surface area contributed by atoms with Crippen molar-refractivity contribution in [1.82, 2.24) is 4.57 Å². The summed E-state index contributed by atoms with van der Waals surface area (Å²) in [5, 5.41) is 1.10. The van der Waals surface area contributed by atoms with Gasteiger partial charge in [-0.15, -0.1) is 0 Å². The Kier molecular flexibility index (Phi) is 4.53. The van der Waals surface area contributed by atoms with Gasteiger partial charge < -0.3 is 13.9 Å². The van der Waals surface area contributed by atoms with Gasteiger partial charge in [0, 0.05) is 38.8 Å². The lowest BCUT2D eigenvalue weighted by atomic mass is 9.93. The van der Waals surface area contributed by atoms with Crippen LogP contribution in [0, 0.1) is 0 Å². The zero-order valence-electron chi connectivity index (χ0n) is 48.7. The van der Waals surface area contributed by atoms with Gasteiger partial charge in [-0.3, -0.25) is 0 Å². The smallest absolute Gasteiger partial charge is 0.145 e. The summed E-state index contributed by atoms with van der Waals surface area (Å²) in [6.45, 7) is 0. The highest BCUT2D eigenvalue weighted by Crippen LogP contribution is 2.47. The summed E-state index contributed by atoms with van der Waals surface area (Å²) in [4.78, 5) is 1.06. The van der Waals surface area contributed by atoms with E-state index < -0.39 is 153 Å². The van der Waals surface area contributed by atoms with E-state index in [1.54, 1.807) is 36.4 Å². The highest BCUT2D eigenvalue weighted by atomic mass is 16.3. The van der Waals surface area contributed by atoms with Gasteiger partial charge in [-0.2, -0.15) is 0 Å². The van der Waals surface area contributed by atoms with Crippen molar-refractivity contribution in [2.75, 3.05) is 4.90 Å². The van der Waals surface area contributed by atoms with E-state index in [4.69, 9.17) is 19.5 Å². The van der Waals surface area contributed by atoms with E-state index in [9.17, 15) is 9.60 Å². The zero-order chi connectivity index (χ0) is 54.5. The van der Waals surface area contributed by atoms with Crippen molar-refractivity contribution in [1.29, 1.82) is 0 Å². The van der Waals surface area contributed by atoms with Gasteiger partial charge in [0.15, 0.2) is 0 Å². The van der Waals surface area contributed by atoms with Crippen LogP contribution in [0.15, 0.2) is 222 Å². The lowest BCUT2D eigenvalue weighted by Crippen LogP contribution is -2.10.